The SMILES string of the molecule is CC[C@@H](C(=O)NC1CCCC1)N(Cc1ccccc1C)C(=O)COc1cc(C)cc(C)c1. The van der Waals surface area contributed by atoms with E-state index in [9.17, 15) is 9.59 Å². The number of carbonyl (C=O) groups excluding carboxylic acids is 2. The number of nitrogens with one attached hydrogen (secondary N) is 1. The predicted octanol–water partition coefficient (Wildman–Crippen LogP) is 4.86. The van der Waals surface area contributed by atoms with Crippen molar-refractivity contribution in [3.8, 4) is 5.75 Å². The van der Waals surface area contributed by atoms with Crippen molar-refractivity contribution in [2.75, 3.05) is 6.61 Å². The maximum atomic E-state index is 13.4. The van der Waals surface area contributed by atoms with Crippen LogP contribution >= 0.6 is 0 Å². The number of nitrogens with zero attached hydrogens (tertiary/aromatic N) is 1. The molecule has 0 saturated heterocycles. The fraction of sp³-hybridized carbons (Fsp3) is 0.481. The van der Waals surface area contributed by atoms with Crippen LogP contribution in [0.2, 0.25) is 0 Å². The average Bonchev–Trinajstić information content (AvgIpc) is 3.25. The molecule has 1 fully saturated rings. The predicted molar refractivity (Wildman–Crippen MR) is 128 cm³/mol. The third kappa shape index (κ3) is 6.35. The van der Waals surface area contributed by atoms with Gasteiger partial charge in [-0.3, -0.25) is 9.59 Å². The molecule has 0 aliphatic heterocycles. The minimum absolute atomic E-state index is 0.0623. The molecule has 1 atom stereocenters. The molecule has 3 rings (SSSR count). The standard InChI is InChI=1S/C27H36N2O3/c1-5-25(27(31)28-23-12-8-9-13-23)29(17-22-11-7-6-10-21(22)4)26(30)18-32-24-15-19(2)14-20(3)16-24/h6-7,10-11,14-16,23,25H,5,8-9,12-13,17-18H2,1-4H3,(H,28,31)/t25-/m0/s1. The maximum absolute atomic E-state index is 13.4. The highest BCUT2D eigenvalue weighted by molar-refractivity contribution is 5.88. The van der Waals surface area contributed by atoms with Gasteiger partial charge in [-0.15, -0.1) is 0 Å². The van der Waals surface area contributed by atoms with Gasteiger partial charge in [-0.2, -0.15) is 0 Å². The van der Waals surface area contributed by atoms with Crippen molar-refractivity contribution in [1.82, 2.24) is 10.2 Å². The van der Waals surface area contributed by atoms with Crippen molar-refractivity contribution in [3.05, 3.63) is 64.7 Å². The van der Waals surface area contributed by atoms with E-state index in [1.165, 1.54) is 0 Å². The summed E-state index contributed by atoms with van der Waals surface area (Å²) in [4.78, 5) is 28.2. The summed E-state index contributed by atoms with van der Waals surface area (Å²) in [6, 6.07) is 13.6. The van der Waals surface area contributed by atoms with Gasteiger partial charge >= 0.3 is 0 Å². The first-order chi connectivity index (χ1) is 15.4. The van der Waals surface area contributed by atoms with Crippen LogP contribution in [0.4, 0.5) is 0 Å². The molecular formula is C27H36N2O3. The van der Waals surface area contributed by atoms with Crippen LogP contribution in [0.3, 0.4) is 0 Å². The number of ether oxygens (including phenoxy) is 1. The molecule has 172 valence electrons. The van der Waals surface area contributed by atoms with Crippen LogP contribution in [0, 0.1) is 20.8 Å². The highest BCUT2D eigenvalue weighted by Crippen LogP contribution is 2.21. The molecule has 0 bridgehead atoms. The summed E-state index contributed by atoms with van der Waals surface area (Å²) in [6.07, 6.45) is 4.89. The first-order valence-electron chi connectivity index (χ1n) is 11.7. The lowest BCUT2D eigenvalue weighted by molar-refractivity contribution is -0.143. The van der Waals surface area contributed by atoms with E-state index < -0.39 is 6.04 Å². The average molecular weight is 437 g/mol. The van der Waals surface area contributed by atoms with Crippen molar-refractivity contribution < 1.29 is 14.3 Å². The van der Waals surface area contributed by atoms with Crippen molar-refractivity contribution in [1.29, 1.82) is 0 Å². The Kier molecular flexibility index (Phi) is 8.32. The van der Waals surface area contributed by atoms with E-state index >= 15 is 0 Å². The van der Waals surface area contributed by atoms with Gasteiger partial charge in [0.2, 0.25) is 5.91 Å². The first-order valence-corrected chi connectivity index (χ1v) is 11.7. The van der Waals surface area contributed by atoms with Crippen LogP contribution in [0.15, 0.2) is 42.5 Å². The Morgan fingerprint density at radius 2 is 1.72 bits per heavy atom. The molecule has 0 radical (unpaired) electrons. The second-order valence-corrected chi connectivity index (χ2v) is 8.97. The normalized spacial score (nSPS) is 14.8. The van der Waals surface area contributed by atoms with Gasteiger partial charge in [-0.1, -0.05) is 50.1 Å². The zero-order chi connectivity index (χ0) is 23.1. The molecule has 1 saturated carbocycles. The van der Waals surface area contributed by atoms with Gasteiger partial charge in [0.1, 0.15) is 11.8 Å². The molecule has 1 aliphatic rings. The molecule has 2 aromatic rings. The molecule has 0 heterocycles. The molecule has 0 spiro atoms. The van der Waals surface area contributed by atoms with Crippen LogP contribution in [0.1, 0.15) is 61.3 Å². The smallest absolute Gasteiger partial charge is 0.261 e. The number of amides is 2. The van der Waals surface area contributed by atoms with E-state index in [4.69, 9.17) is 4.74 Å². The van der Waals surface area contributed by atoms with Gasteiger partial charge in [0.15, 0.2) is 6.61 Å². The van der Waals surface area contributed by atoms with E-state index in [1.54, 1.807) is 4.90 Å². The summed E-state index contributed by atoms with van der Waals surface area (Å²) < 4.78 is 5.86. The minimum Gasteiger partial charge on any atom is -0.484 e. The van der Waals surface area contributed by atoms with Crippen LogP contribution in [0.25, 0.3) is 0 Å². The second-order valence-electron chi connectivity index (χ2n) is 8.97. The van der Waals surface area contributed by atoms with Crippen molar-refractivity contribution in [2.24, 2.45) is 0 Å². The number of carbonyl (C=O) groups is 2. The van der Waals surface area contributed by atoms with Gasteiger partial charge in [-0.05, 0) is 74.4 Å². The van der Waals surface area contributed by atoms with Gasteiger partial charge in [-0.25, -0.2) is 0 Å². The molecule has 1 N–H and O–H groups in total. The number of benzene rings is 2. The summed E-state index contributed by atoms with van der Waals surface area (Å²) >= 11 is 0. The number of aryl methyl sites for hydroxylation is 3. The third-order valence-electron chi connectivity index (χ3n) is 6.25. The summed E-state index contributed by atoms with van der Waals surface area (Å²) in [7, 11) is 0. The zero-order valence-electron chi connectivity index (χ0n) is 19.8. The number of hydrogen-bond donors (Lipinski definition) is 1. The van der Waals surface area contributed by atoms with E-state index in [-0.39, 0.29) is 24.5 Å². The number of hydrogen-bond acceptors (Lipinski definition) is 3. The minimum atomic E-state index is -0.523. The lowest BCUT2D eigenvalue weighted by atomic mass is 10.1. The maximum Gasteiger partial charge on any atom is 0.261 e. The lowest BCUT2D eigenvalue weighted by Crippen LogP contribution is -2.52. The summed E-state index contributed by atoms with van der Waals surface area (Å²) in [5.74, 6) is 0.434. The summed E-state index contributed by atoms with van der Waals surface area (Å²) in [6.45, 7) is 8.30. The van der Waals surface area contributed by atoms with E-state index in [2.05, 4.69) is 11.4 Å². The highest BCUT2D eigenvalue weighted by atomic mass is 16.5. The molecule has 5 nitrogen and oxygen atoms in total. The second kappa shape index (κ2) is 11.2. The van der Waals surface area contributed by atoms with E-state index in [1.807, 2.05) is 64.1 Å². The molecule has 2 aromatic carbocycles. The molecule has 0 aromatic heterocycles. The molecule has 0 unspecified atom stereocenters. The quantitative estimate of drug-likeness (QED) is 0.611. The third-order valence-corrected chi connectivity index (χ3v) is 6.25. The van der Waals surface area contributed by atoms with E-state index in [0.717, 1.165) is 47.9 Å². The highest BCUT2D eigenvalue weighted by Gasteiger charge is 2.31. The summed E-state index contributed by atoms with van der Waals surface area (Å²) in [5.41, 5.74) is 4.32. The lowest BCUT2D eigenvalue weighted by Gasteiger charge is -2.32. The fourth-order valence-corrected chi connectivity index (χ4v) is 4.50. The summed E-state index contributed by atoms with van der Waals surface area (Å²) in [5, 5.41) is 3.18. The molecule has 32 heavy (non-hydrogen) atoms. The Balaban J connectivity index is 1.78. The van der Waals surface area contributed by atoms with E-state index in [0.29, 0.717) is 18.7 Å². The Hall–Kier alpha value is -2.82. The fourth-order valence-electron chi connectivity index (χ4n) is 4.50. The van der Waals surface area contributed by atoms with Gasteiger partial charge < -0.3 is 15.0 Å². The molecule has 5 heteroatoms. The van der Waals surface area contributed by atoms with Crippen molar-refractivity contribution in [3.63, 3.8) is 0 Å². The van der Waals surface area contributed by atoms with Crippen LogP contribution in [-0.4, -0.2) is 35.4 Å². The van der Waals surface area contributed by atoms with Gasteiger partial charge in [0, 0.05) is 12.6 Å². The topological polar surface area (TPSA) is 58.6 Å². The van der Waals surface area contributed by atoms with Gasteiger partial charge in [0.05, 0.1) is 0 Å². The first kappa shape index (κ1) is 23.8. The van der Waals surface area contributed by atoms with Gasteiger partial charge in [0.25, 0.3) is 5.91 Å². The number of rotatable bonds is 9. The monoisotopic (exact) mass is 436 g/mol. The van der Waals surface area contributed by atoms with Crippen molar-refractivity contribution in [2.45, 2.75) is 78.4 Å². The molecule has 1 aliphatic carbocycles. The molecule has 2 amide bonds. The molecular weight excluding hydrogens is 400 g/mol. The zero-order valence-corrected chi connectivity index (χ0v) is 19.8. The van der Waals surface area contributed by atoms with Crippen LogP contribution in [0.5, 0.6) is 5.75 Å². The Morgan fingerprint density at radius 3 is 2.34 bits per heavy atom. The Morgan fingerprint density at radius 1 is 1.06 bits per heavy atom. The largest absolute Gasteiger partial charge is 0.484 e. The van der Waals surface area contributed by atoms with Crippen molar-refractivity contribution >= 4 is 11.8 Å². The Bertz CT molecular complexity index is 914. The van der Waals surface area contributed by atoms with Crippen LogP contribution in [-0.2, 0) is 16.1 Å². The Labute approximate surface area is 192 Å². The van der Waals surface area contributed by atoms with Crippen LogP contribution < -0.4 is 10.1 Å².